The van der Waals surface area contributed by atoms with Crippen molar-refractivity contribution in [2.24, 2.45) is 0 Å². The van der Waals surface area contributed by atoms with Gasteiger partial charge in [0.2, 0.25) is 11.1 Å². The molecule has 0 saturated carbocycles. The number of urea groups is 2. The number of aromatic nitrogens is 6. The fourth-order valence-corrected chi connectivity index (χ4v) is 9.44. The minimum Gasteiger partial charge on any atom is -0.354 e. The summed E-state index contributed by atoms with van der Waals surface area (Å²) in [5, 5.41) is 18.1. The standard InChI is InChI=1S/C26H23F2N7O2S.C24H18F2N6O3S2/c1-3-9-29-24-32-20(16-12-15(8-7-14(16)2)23(36)34-25-30-10-11-38-25)17-13-31-26(37)35(22(17)33-24)21-18(27)5-4-6-19(21)28;1-12-6-7-13(21(33)31-22-27-8-9-36-22)10-14(12)18-15-11-28-24(34)32(19-16(25)4-3-5-17(19)26)20(15)30-23(29-18)37(2)35/h4-8,10-12H,3,9,13H2,1-2H3,(H,31,37)(H,29,32,33)(H,30,34,36);3-10H,11H2,1-2H3,(H,28,34)(H,27,31,33). The molecule has 8 aromatic rings. The number of carbonyl (C=O) groups excluding carboxylic acids is 4. The van der Waals surface area contributed by atoms with Crippen LogP contribution in [0, 0.1) is 37.1 Å². The van der Waals surface area contributed by atoms with Crippen molar-refractivity contribution in [1.29, 1.82) is 0 Å². The number of carbonyl (C=O) groups is 4. The summed E-state index contributed by atoms with van der Waals surface area (Å²) in [6.45, 7) is 6.13. The molecule has 1 atom stereocenters. The van der Waals surface area contributed by atoms with Gasteiger partial charge in [0.15, 0.2) is 21.9 Å². The van der Waals surface area contributed by atoms with Crippen LogP contribution in [-0.2, 0) is 23.9 Å². The Balaban J connectivity index is 0.000000184. The molecule has 4 aromatic heterocycles. The Morgan fingerprint density at radius 3 is 1.55 bits per heavy atom. The molecule has 2 aliphatic heterocycles. The van der Waals surface area contributed by atoms with Crippen LogP contribution in [0.25, 0.3) is 22.5 Å². The van der Waals surface area contributed by atoms with Gasteiger partial charge in [-0.25, -0.2) is 61.9 Å². The number of fused-ring (bicyclic) bond motifs is 2. The lowest BCUT2D eigenvalue weighted by atomic mass is 9.97. The van der Waals surface area contributed by atoms with Crippen molar-refractivity contribution in [2.45, 2.75) is 45.4 Å². The number of para-hydroxylation sites is 2. The first-order chi connectivity index (χ1) is 36.1. The molecule has 10 rings (SSSR count). The number of thiazole rings is 2. The first kappa shape index (κ1) is 51.4. The van der Waals surface area contributed by atoms with Gasteiger partial charge in [0.05, 0.1) is 35.3 Å². The van der Waals surface area contributed by atoms with E-state index in [9.17, 15) is 40.9 Å². The molecule has 0 bridgehead atoms. The molecular weight excluding hydrogens is 1030 g/mol. The number of benzene rings is 4. The van der Waals surface area contributed by atoms with E-state index in [0.717, 1.165) is 51.6 Å². The van der Waals surface area contributed by atoms with Crippen molar-refractivity contribution < 1.29 is 40.9 Å². The molecular formula is C50H41F4N13O5S3. The van der Waals surface area contributed by atoms with Gasteiger partial charge in [0.1, 0.15) is 34.6 Å². The zero-order chi connectivity index (χ0) is 53.1. The maximum Gasteiger partial charge on any atom is 0.328 e. The molecule has 0 saturated heterocycles. The van der Waals surface area contributed by atoms with Gasteiger partial charge in [-0.1, -0.05) is 31.2 Å². The van der Waals surface area contributed by atoms with Crippen molar-refractivity contribution in [2.75, 3.05) is 38.6 Å². The molecule has 75 heavy (non-hydrogen) atoms. The monoisotopic (exact) mass is 1080 g/mol. The van der Waals surface area contributed by atoms with Crippen molar-refractivity contribution in [1.82, 2.24) is 40.5 Å². The summed E-state index contributed by atoms with van der Waals surface area (Å²) in [6.07, 6.45) is 5.29. The molecule has 6 amide bonds. The van der Waals surface area contributed by atoms with E-state index < -0.39 is 63.4 Å². The fourth-order valence-electron chi connectivity index (χ4n) is 7.95. The second-order valence-electron chi connectivity index (χ2n) is 16.5. The topological polar surface area (TPSA) is 229 Å². The van der Waals surface area contributed by atoms with Crippen molar-refractivity contribution >= 4 is 96.6 Å². The number of amides is 6. The quantitative estimate of drug-likeness (QED) is 0.0569. The van der Waals surface area contributed by atoms with Crippen molar-refractivity contribution in [3.63, 3.8) is 0 Å². The maximum absolute atomic E-state index is 14.8. The Labute approximate surface area is 435 Å². The van der Waals surface area contributed by atoms with Crippen molar-refractivity contribution in [3.8, 4) is 22.5 Å². The van der Waals surface area contributed by atoms with E-state index in [2.05, 4.69) is 51.5 Å². The predicted molar refractivity (Wildman–Crippen MR) is 277 cm³/mol. The molecule has 6 heterocycles. The Morgan fingerprint density at radius 1 is 0.667 bits per heavy atom. The fraction of sp³-hybridized carbons (Fsp3) is 0.160. The van der Waals surface area contributed by atoms with Crippen LogP contribution in [0.1, 0.15) is 56.3 Å². The molecule has 1 unspecified atom stereocenters. The lowest BCUT2D eigenvalue weighted by Gasteiger charge is -2.31. The second-order valence-corrected chi connectivity index (χ2v) is 19.6. The number of halogens is 4. The summed E-state index contributed by atoms with van der Waals surface area (Å²) in [5.41, 5.74) is 3.66. The molecule has 18 nitrogen and oxygen atoms in total. The molecule has 25 heteroatoms. The molecule has 2 aliphatic rings. The van der Waals surface area contributed by atoms with Crippen LogP contribution in [-0.4, -0.2) is 70.8 Å². The second kappa shape index (κ2) is 21.9. The summed E-state index contributed by atoms with van der Waals surface area (Å²) in [5.74, 6) is -4.37. The predicted octanol–water partition coefficient (Wildman–Crippen LogP) is 10.2. The van der Waals surface area contributed by atoms with Crippen LogP contribution >= 0.6 is 22.7 Å². The van der Waals surface area contributed by atoms with Crippen LogP contribution in [0.5, 0.6) is 0 Å². The number of anilines is 7. The first-order valence-electron chi connectivity index (χ1n) is 22.7. The van der Waals surface area contributed by atoms with E-state index >= 15 is 0 Å². The Hall–Kier alpha value is -8.55. The Bertz CT molecular complexity index is 3530. The summed E-state index contributed by atoms with van der Waals surface area (Å²) < 4.78 is 71.6. The summed E-state index contributed by atoms with van der Waals surface area (Å²) in [4.78, 5) is 79.3. The highest BCUT2D eigenvalue weighted by Gasteiger charge is 2.36. The third kappa shape index (κ3) is 10.6. The summed E-state index contributed by atoms with van der Waals surface area (Å²) >= 11 is 2.57. The number of nitrogens with zero attached hydrogens (tertiary/aromatic N) is 8. The highest BCUT2D eigenvalue weighted by Crippen LogP contribution is 2.41. The number of nitrogens with one attached hydrogen (secondary N) is 5. The van der Waals surface area contributed by atoms with Gasteiger partial charge >= 0.3 is 12.1 Å². The van der Waals surface area contributed by atoms with E-state index in [1.807, 2.05) is 13.8 Å². The molecule has 4 aromatic carbocycles. The third-order valence-corrected chi connectivity index (χ3v) is 13.6. The van der Waals surface area contributed by atoms with Crippen LogP contribution in [0.4, 0.5) is 66.4 Å². The largest absolute Gasteiger partial charge is 0.354 e. The smallest absolute Gasteiger partial charge is 0.328 e. The highest BCUT2D eigenvalue weighted by atomic mass is 32.2. The van der Waals surface area contributed by atoms with Crippen LogP contribution in [0.15, 0.2) is 101 Å². The van der Waals surface area contributed by atoms with E-state index in [4.69, 9.17) is 4.98 Å². The SMILES string of the molecule is CCCNc1nc(-c2cc(C(=O)Nc3nccs3)ccc2C)c2c(n1)N(c1c(F)cccc1F)C(=O)NC2.Cc1ccc(C(=O)Nc2nccs2)cc1-c1nc(S(C)=O)nc2c1CNC(=O)N2c1c(F)cccc1F. The first-order valence-corrected chi connectivity index (χ1v) is 26.0. The summed E-state index contributed by atoms with van der Waals surface area (Å²) in [7, 11) is -1.70. The number of aryl methyl sites for hydroxylation is 2. The molecule has 0 aliphatic carbocycles. The van der Waals surface area contributed by atoms with Crippen LogP contribution in [0.2, 0.25) is 0 Å². The minimum atomic E-state index is -1.70. The van der Waals surface area contributed by atoms with Gasteiger partial charge < -0.3 is 16.0 Å². The number of hydrogen-bond acceptors (Lipinski definition) is 14. The van der Waals surface area contributed by atoms with E-state index in [-0.39, 0.29) is 47.4 Å². The zero-order valence-corrected chi connectivity index (χ0v) is 42.4. The van der Waals surface area contributed by atoms with Crippen LogP contribution in [0.3, 0.4) is 0 Å². The van der Waals surface area contributed by atoms with Gasteiger partial charge in [-0.2, -0.15) is 4.98 Å². The van der Waals surface area contributed by atoms with Gasteiger partial charge in [-0.05, 0) is 79.9 Å². The van der Waals surface area contributed by atoms with E-state index in [1.165, 1.54) is 41.1 Å². The lowest BCUT2D eigenvalue weighted by molar-refractivity contribution is 0.101. The van der Waals surface area contributed by atoms with Crippen LogP contribution < -0.4 is 36.4 Å². The summed E-state index contributed by atoms with van der Waals surface area (Å²) in [6, 6.07) is 15.2. The number of rotatable bonds is 12. The van der Waals surface area contributed by atoms with E-state index in [0.29, 0.717) is 55.9 Å². The van der Waals surface area contributed by atoms with Gasteiger partial charge in [-0.15, -0.1) is 22.7 Å². The van der Waals surface area contributed by atoms with Gasteiger partial charge in [-0.3, -0.25) is 24.4 Å². The van der Waals surface area contributed by atoms with Gasteiger partial charge in [0, 0.05) is 69.3 Å². The zero-order valence-electron chi connectivity index (χ0n) is 39.9. The third-order valence-electron chi connectivity index (χ3n) is 11.5. The number of hydrogen-bond donors (Lipinski definition) is 5. The molecule has 0 fully saturated rings. The average molecular weight is 1080 g/mol. The highest BCUT2D eigenvalue weighted by molar-refractivity contribution is 7.84. The molecule has 0 spiro atoms. The lowest BCUT2D eigenvalue weighted by Crippen LogP contribution is -2.43. The Morgan fingerprint density at radius 2 is 1.12 bits per heavy atom. The molecule has 382 valence electrons. The van der Waals surface area contributed by atoms with Gasteiger partial charge in [0.25, 0.3) is 11.8 Å². The normalized spacial score (nSPS) is 13.1. The molecule has 0 radical (unpaired) electrons. The molecule has 5 N–H and O–H groups in total. The Kier molecular flexibility index (Phi) is 15.0. The van der Waals surface area contributed by atoms with E-state index in [1.54, 1.807) is 66.5 Å². The maximum atomic E-state index is 14.8. The van der Waals surface area contributed by atoms with Crippen molar-refractivity contribution in [3.05, 3.63) is 153 Å². The minimum absolute atomic E-state index is 0.0269. The average Bonchev–Trinajstić information content (AvgIpc) is 4.14.